The van der Waals surface area contributed by atoms with Crippen LogP contribution >= 0.6 is 15.9 Å². The summed E-state index contributed by atoms with van der Waals surface area (Å²) in [5.41, 5.74) is 0.121. The molecule has 1 aromatic heterocycles. The van der Waals surface area contributed by atoms with E-state index in [4.69, 9.17) is 0 Å². The molecular formula is C11H17BrN4O. The Hall–Kier alpha value is -0.880. The van der Waals surface area contributed by atoms with Crippen LogP contribution in [-0.2, 0) is 0 Å². The molecule has 1 aliphatic heterocycles. The number of H-pyrrole nitrogens is 1. The molecule has 5 nitrogen and oxygen atoms in total. The number of nitrogens with one attached hydrogen (secondary N) is 2. The van der Waals surface area contributed by atoms with E-state index >= 15 is 0 Å². The zero-order valence-corrected chi connectivity index (χ0v) is 11.7. The van der Waals surface area contributed by atoms with Crippen LogP contribution in [0.4, 0.5) is 5.82 Å². The van der Waals surface area contributed by atoms with Gasteiger partial charge in [0.2, 0.25) is 0 Å². The van der Waals surface area contributed by atoms with E-state index in [9.17, 15) is 4.79 Å². The smallest absolute Gasteiger partial charge is 0.267 e. The second kappa shape index (κ2) is 4.78. The second-order valence-electron chi connectivity index (χ2n) is 4.88. The molecule has 0 amide bonds. The Kier molecular flexibility index (Phi) is 3.53. The van der Waals surface area contributed by atoms with Gasteiger partial charge in [0.05, 0.1) is 6.33 Å². The topological polar surface area (TPSA) is 61.0 Å². The lowest BCUT2D eigenvalue weighted by molar-refractivity contribution is 0.355. The van der Waals surface area contributed by atoms with Gasteiger partial charge in [-0.3, -0.25) is 4.79 Å². The van der Waals surface area contributed by atoms with Crippen LogP contribution in [0.15, 0.2) is 15.6 Å². The maximum atomic E-state index is 11.5. The van der Waals surface area contributed by atoms with Crippen LogP contribution in [0, 0.1) is 5.41 Å². The van der Waals surface area contributed by atoms with Crippen molar-refractivity contribution in [2.45, 2.75) is 13.3 Å². The van der Waals surface area contributed by atoms with Crippen molar-refractivity contribution in [1.29, 1.82) is 0 Å². The van der Waals surface area contributed by atoms with E-state index in [1.54, 1.807) is 0 Å². The van der Waals surface area contributed by atoms with Gasteiger partial charge in [0.25, 0.3) is 5.56 Å². The van der Waals surface area contributed by atoms with Crippen molar-refractivity contribution in [1.82, 2.24) is 15.3 Å². The Morgan fingerprint density at radius 3 is 3.18 bits per heavy atom. The van der Waals surface area contributed by atoms with E-state index in [-0.39, 0.29) is 11.0 Å². The van der Waals surface area contributed by atoms with Crippen molar-refractivity contribution in [3.8, 4) is 0 Å². The molecule has 1 atom stereocenters. The van der Waals surface area contributed by atoms with E-state index < -0.39 is 0 Å². The number of anilines is 1. The number of aromatic amines is 1. The first-order valence-electron chi connectivity index (χ1n) is 5.68. The summed E-state index contributed by atoms with van der Waals surface area (Å²) in [6.45, 7) is 5.09. The Balaban J connectivity index is 2.21. The fraction of sp³-hybridized carbons (Fsp3) is 0.636. The fourth-order valence-corrected chi connectivity index (χ4v) is 2.84. The molecule has 2 N–H and O–H groups in total. The highest BCUT2D eigenvalue weighted by molar-refractivity contribution is 9.10. The molecule has 0 bridgehead atoms. The summed E-state index contributed by atoms with van der Waals surface area (Å²) in [6.07, 6.45) is 2.56. The number of nitrogens with zero attached hydrogens (tertiary/aromatic N) is 2. The van der Waals surface area contributed by atoms with Gasteiger partial charge in [-0.25, -0.2) is 4.98 Å². The molecule has 1 saturated heterocycles. The van der Waals surface area contributed by atoms with Gasteiger partial charge in [-0.15, -0.1) is 0 Å². The standard InChI is InChI=1S/C11H17BrN4O/c1-11(5-13-2)3-4-16(6-11)9-8(12)10(17)15-7-14-9/h7,13H,3-6H2,1-2H3,(H,14,15,17). The third-order valence-electron chi connectivity index (χ3n) is 3.24. The molecule has 2 heterocycles. The molecule has 94 valence electrons. The first kappa shape index (κ1) is 12.6. The van der Waals surface area contributed by atoms with E-state index in [0.29, 0.717) is 4.47 Å². The molecule has 0 saturated carbocycles. The van der Waals surface area contributed by atoms with Crippen LogP contribution in [0.25, 0.3) is 0 Å². The van der Waals surface area contributed by atoms with Gasteiger partial charge >= 0.3 is 0 Å². The number of hydrogen-bond acceptors (Lipinski definition) is 4. The Labute approximate surface area is 109 Å². The lowest BCUT2D eigenvalue weighted by Gasteiger charge is -2.24. The monoisotopic (exact) mass is 300 g/mol. The maximum Gasteiger partial charge on any atom is 0.267 e. The van der Waals surface area contributed by atoms with Gasteiger partial charge < -0.3 is 15.2 Å². The third-order valence-corrected chi connectivity index (χ3v) is 3.95. The summed E-state index contributed by atoms with van der Waals surface area (Å²) < 4.78 is 0.522. The van der Waals surface area contributed by atoms with Crippen molar-refractivity contribution < 1.29 is 0 Å². The Morgan fingerprint density at radius 1 is 1.71 bits per heavy atom. The zero-order chi connectivity index (χ0) is 12.5. The van der Waals surface area contributed by atoms with Crippen LogP contribution in [-0.4, -0.2) is 36.6 Å². The van der Waals surface area contributed by atoms with Crippen LogP contribution < -0.4 is 15.8 Å². The minimum Gasteiger partial charge on any atom is -0.355 e. The molecular weight excluding hydrogens is 284 g/mol. The summed E-state index contributed by atoms with van der Waals surface area (Å²) in [6, 6.07) is 0. The van der Waals surface area contributed by atoms with Crippen molar-refractivity contribution in [3.05, 3.63) is 21.2 Å². The lowest BCUT2D eigenvalue weighted by atomic mass is 9.90. The first-order chi connectivity index (χ1) is 8.06. The Morgan fingerprint density at radius 2 is 2.47 bits per heavy atom. The summed E-state index contributed by atoms with van der Waals surface area (Å²) in [5, 5.41) is 3.22. The quantitative estimate of drug-likeness (QED) is 0.873. The summed E-state index contributed by atoms with van der Waals surface area (Å²) in [7, 11) is 1.97. The van der Waals surface area contributed by atoms with Crippen LogP contribution in [0.5, 0.6) is 0 Å². The van der Waals surface area contributed by atoms with Crippen LogP contribution in [0.1, 0.15) is 13.3 Å². The summed E-state index contributed by atoms with van der Waals surface area (Å²) in [4.78, 5) is 20.5. The predicted octanol–water partition coefficient (Wildman–Crippen LogP) is 0.968. The van der Waals surface area contributed by atoms with Gasteiger partial charge in [0, 0.05) is 19.6 Å². The largest absolute Gasteiger partial charge is 0.355 e. The second-order valence-corrected chi connectivity index (χ2v) is 5.67. The number of rotatable bonds is 3. The highest BCUT2D eigenvalue weighted by Crippen LogP contribution is 2.33. The molecule has 0 aliphatic carbocycles. The number of halogens is 1. The molecule has 1 aliphatic rings. The van der Waals surface area contributed by atoms with Gasteiger partial charge in [-0.2, -0.15) is 0 Å². The molecule has 6 heteroatoms. The molecule has 17 heavy (non-hydrogen) atoms. The number of hydrogen-bond donors (Lipinski definition) is 2. The van der Waals surface area contributed by atoms with Crippen molar-refractivity contribution in [3.63, 3.8) is 0 Å². The molecule has 1 fully saturated rings. The average molecular weight is 301 g/mol. The van der Waals surface area contributed by atoms with E-state index in [1.807, 2.05) is 7.05 Å². The van der Waals surface area contributed by atoms with Crippen molar-refractivity contribution >= 4 is 21.7 Å². The third kappa shape index (κ3) is 2.52. The molecule has 1 aromatic rings. The maximum absolute atomic E-state index is 11.5. The molecule has 1 unspecified atom stereocenters. The normalized spacial score (nSPS) is 24.3. The molecule has 0 aromatic carbocycles. The molecule has 2 rings (SSSR count). The van der Waals surface area contributed by atoms with E-state index in [2.05, 4.69) is 43.0 Å². The van der Waals surface area contributed by atoms with Crippen molar-refractivity contribution in [2.75, 3.05) is 31.6 Å². The molecule has 0 spiro atoms. The minimum absolute atomic E-state index is 0.128. The van der Waals surface area contributed by atoms with Crippen molar-refractivity contribution in [2.24, 2.45) is 5.41 Å². The van der Waals surface area contributed by atoms with Crippen LogP contribution in [0.3, 0.4) is 0 Å². The molecule has 0 radical (unpaired) electrons. The average Bonchev–Trinajstić information content (AvgIpc) is 2.65. The lowest BCUT2D eigenvalue weighted by Crippen LogP contribution is -2.33. The Bertz CT molecular complexity index is 461. The van der Waals surface area contributed by atoms with Gasteiger partial charge in [-0.1, -0.05) is 6.92 Å². The van der Waals surface area contributed by atoms with E-state index in [0.717, 1.165) is 31.9 Å². The fourth-order valence-electron chi connectivity index (χ4n) is 2.37. The predicted molar refractivity (Wildman–Crippen MR) is 71.4 cm³/mol. The van der Waals surface area contributed by atoms with E-state index in [1.165, 1.54) is 6.33 Å². The SMILES string of the molecule is CNCC1(C)CCN(c2nc[nH]c(=O)c2Br)C1. The number of aromatic nitrogens is 2. The van der Waals surface area contributed by atoms with Gasteiger partial charge in [0.1, 0.15) is 10.3 Å². The van der Waals surface area contributed by atoms with Gasteiger partial charge in [-0.05, 0) is 34.8 Å². The zero-order valence-electron chi connectivity index (χ0n) is 10.1. The highest BCUT2D eigenvalue weighted by Gasteiger charge is 2.34. The first-order valence-corrected chi connectivity index (χ1v) is 6.48. The van der Waals surface area contributed by atoms with Crippen LogP contribution in [0.2, 0.25) is 0 Å². The van der Waals surface area contributed by atoms with Gasteiger partial charge in [0.15, 0.2) is 0 Å². The minimum atomic E-state index is -0.128. The summed E-state index contributed by atoms with van der Waals surface area (Å²) >= 11 is 3.30. The summed E-state index contributed by atoms with van der Waals surface area (Å²) in [5.74, 6) is 0.744. The highest BCUT2D eigenvalue weighted by atomic mass is 79.9.